The van der Waals surface area contributed by atoms with Crippen LogP contribution in [0.1, 0.15) is 91.9 Å². The third kappa shape index (κ3) is 3.08. The predicted octanol–water partition coefficient (Wildman–Crippen LogP) is 5.87. The van der Waals surface area contributed by atoms with Crippen LogP contribution in [0.3, 0.4) is 0 Å². The molecule has 0 saturated heterocycles. The molecular weight excluding hydrogens is 348 g/mol. The van der Waals surface area contributed by atoms with Crippen molar-refractivity contribution in [2.75, 3.05) is 0 Å². The summed E-state index contributed by atoms with van der Waals surface area (Å²) in [7, 11) is 0. The normalized spacial score (nSPS) is 44.7. The fraction of sp³-hybridized carbons (Fsp3) is 0.840. The SMILES string of the molecule is CCCC(=O)O[C@@H]1CC[C@@]2(C)[C@@H](CC[C@H]3[C@H]2CC[C@]2(C)C(C(C)=O)=CC[C@H]32)C1. The van der Waals surface area contributed by atoms with Crippen LogP contribution in [0.2, 0.25) is 0 Å². The number of allylic oxidation sites excluding steroid dienone is 2. The first-order chi connectivity index (χ1) is 13.3. The Kier molecular flexibility index (Phi) is 5.25. The predicted molar refractivity (Wildman–Crippen MR) is 111 cm³/mol. The van der Waals surface area contributed by atoms with E-state index in [1.54, 1.807) is 6.92 Å². The van der Waals surface area contributed by atoms with Gasteiger partial charge in [-0.2, -0.15) is 0 Å². The van der Waals surface area contributed by atoms with Gasteiger partial charge in [0.25, 0.3) is 0 Å². The Morgan fingerprint density at radius 3 is 2.61 bits per heavy atom. The molecule has 0 aliphatic heterocycles. The summed E-state index contributed by atoms with van der Waals surface area (Å²) in [4.78, 5) is 24.2. The largest absolute Gasteiger partial charge is 0.462 e. The lowest BCUT2D eigenvalue weighted by Gasteiger charge is -2.60. The summed E-state index contributed by atoms with van der Waals surface area (Å²) < 4.78 is 5.80. The highest BCUT2D eigenvalue weighted by Crippen LogP contribution is 2.66. The highest BCUT2D eigenvalue weighted by Gasteiger charge is 2.59. The van der Waals surface area contributed by atoms with Crippen molar-refractivity contribution < 1.29 is 14.3 Å². The van der Waals surface area contributed by atoms with E-state index in [1.165, 1.54) is 32.1 Å². The monoisotopic (exact) mass is 386 g/mol. The molecule has 0 aromatic rings. The van der Waals surface area contributed by atoms with Gasteiger partial charge in [-0.1, -0.05) is 26.8 Å². The number of fused-ring (bicyclic) bond motifs is 5. The number of Topliss-reactive ketones (excluding diaryl/α,β-unsaturated/α-hetero) is 1. The summed E-state index contributed by atoms with van der Waals surface area (Å²) in [6.45, 7) is 8.69. The van der Waals surface area contributed by atoms with E-state index >= 15 is 0 Å². The van der Waals surface area contributed by atoms with E-state index in [2.05, 4.69) is 19.9 Å². The van der Waals surface area contributed by atoms with Gasteiger partial charge in [-0.3, -0.25) is 9.59 Å². The van der Waals surface area contributed by atoms with Crippen LogP contribution >= 0.6 is 0 Å². The van der Waals surface area contributed by atoms with Gasteiger partial charge < -0.3 is 4.74 Å². The van der Waals surface area contributed by atoms with Crippen molar-refractivity contribution >= 4 is 11.8 Å². The molecule has 0 aromatic heterocycles. The summed E-state index contributed by atoms with van der Waals surface area (Å²) >= 11 is 0. The Morgan fingerprint density at radius 1 is 1.11 bits per heavy atom. The standard InChI is InChI=1S/C25H38O3/c1-5-6-23(27)28-18-11-13-24(3)17(15-18)7-8-19-21-10-9-20(16(2)26)25(21,4)14-12-22(19)24/h9,17-19,21-22H,5-8,10-15H2,1-4H3/t17-,18+,19+,21+,22+,24-,25+/m0/s1. The first kappa shape index (κ1) is 20.2. The van der Waals surface area contributed by atoms with Crippen molar-refractivity contribution in [3.8, 4) is 0 Å². The Balaban J connectivity index is 1.48. The molecule has 156 valence electrons. The van der Waals surface area contributed by atoms with Crippen molar-refractivity contribution in [2.45, 2.75) is 98.0 Å². The zero-order valence-corrected chi connectivity index (χ0v) is 18.3. The van der Waals surface area contributed by atoms with Gasteiger partial charge in [-0.15, -0.1) is 0 Å². The number of hydrogen-bond acceptors (Lipinski definition) is 3. The van der Waals surface area contributed by atoms with Crippen LogP contribution in [-0.4, -0.2) is 17.9 Å². The maximum Gasteiger partial charge on any atom is 0.306 e. The van der Waals surface area contributed by atoms with Crippen LogP contribution in [0.5, 0.6) is 0 Å². The molecule has 3 saturated carbocycles. The van der Waals surface area contributed by atoms with Crippen LogP contribution in [0, 0.1) is 34.5 Å². The lowest BCUT2D eigenvalue weighted by Crippen LogP contribution is -2.54. The van der Waals surface area contributed by atoms with E-state index in [-0.39, 0.29) is 23.3 Å². The van der Waals surface area contributed by atoms with Gasteiger partial charge in [0.2, 0.25) is 0 Å². The van der Waals surface area contributed by atoms with Crippen LogP contribution in [0.4, 0.5) is 0 Å². The topological polar surface area (TPSA) is 43.4 Å². The second kappa shape index (κ2) is 7.29. The van der Waals surface area contributed by atoms with E-state index in [1.807, 2.05) is 6.92 Å². The number of esters is 1. The molecule has 4 aliphatic carbocycles. The molecule has 0 heterocycles. The van der Waals surface area contributed by atoms with Crippen LogP contribution < -0.4 is 0 Å². The molecule has 28 heavy (non-hydrogen) atoms. The highest BCUT2D eigenvalue weighted by molar-refractivity contribution is 5.95. The lowest BCUT2D eigenvalue weighted by atomic mass is 9.44. The minimum atomic E-state index is -0.00739. The first-order valence-electron chi connectivity index (χ1n) is 11.7. The van der Waals surface area contributed by atoms with Gasteiger partial charge >= 0.3 is 5.97 Å². The average Bonchev–Trinajstić information content (AvgIpc) is 2.99. The molecule has 0 spiro atoms. The molecular formula is C25H38O3. The minimum absolute atomic E-state index is 0.00739. The average molecular weight is 387 g/mol. The number of ether oxygens (including phenoxy) is 1. The Hall–Kier alpha value is -1.12. The van der Waals surface area contributed by atoms with Crippen molar-refractivity contribution in [2.24, 2.45) is 34.5 Å². The Bertz CT molecular complexity index is 679. The van der Waals surface area contributed by atoms with Gasteiger partial charge in [-0.05, 0) is 105 Å². The summed E-state index contributed by atoms with van der Waals surface area (Å²) in [5.41, 5.74) is 1.62. The van der Waals surface area contributed by atoms with Gasteiger partial charge in [-0.25, -0.2) is 0 Å². The third-order valence-electron chi connectivity index (χ3n) is 9.33. The summed E-state index contributed by atoms with van der Waals surface area (Å²) in [6, 6.07) is 0. The summed E-state index contributed by atoms with van der Waals surface area (Å²) in [5.74, 6) is 3.16. The number of hydrogen-bond donors (Lipinski definition) is 0. The zero-order valence-electron chi connectivity index (χ0n) is 18.3. The molecule has 0 radical (unpaired) electrons. The molecule has 0 aromatic carbocycles. The molecule has 0 bridgehead atoms. The van der Waals surface area contributed by atoms with Gasteiger partial charge in [0.15, 0.2) is 5.78 Å². The van der Waals surface area contributed by atoms with E-state index in [9.17, 15) is 9.59 Å². The fourth-order valence-corrected chi connectivity index (χ4v) is 7.89. The third-order valence-corrected chi connectivity index (χ3v) is 9.33. The molecule has 4 rings (SSSR count). The molecule has 3 heteroatoms. The second-order valence-corrected chi connectivity index (χ2v) is 10.7. The number of rotatable bonds is 4. The van der Waals surface area contributed by atoms with Crippen molar-refractivity contribution in [3.05, 3.63) is 11.6 Å². The van der Waals surface area contributed by atoms with E-state index < -0.39 is 0 Å². The smallest absolute Gasteiger partial charge is 0.306 e. The molecule has 4 aliphatic rings. The second-order valence-electron chi connectivity index (χ2n) is 10.7. The van der Waals surface area contributed by atoms with E-state index in [0.717, 1.165) is 43.1 Å². The minimum Gasteiger partial charge on any atom is -0.462 e. The van der Waals surface area contributed by atoms with Crippen LogP contribution in [0.15, 0.2) is 11.6 Å². The maximum absolute atomic E-state index is 12.2. The van der Waals surface area contributed by atoms with E-state index in [4.69, 9.17) is 4.74 Å². The quantitative estimate of drug-likeness (QED) is 0.568. The van der Waals surface area contributed by atoms with Crippen molar-refractivity contribution in [3.63, 3.8) is 0 Å². The summed E-state index contributed by atoms with van der Waals surface area (Å²) in [5, 5.41) is 0. The van der Waals surface area contributed by atoms with E-state index in [0.29, 0.717) is 23.7 Å². The fourth-order valence-electron chi connectivity index (χ4n) is 7.89. The molecule has 0 N–H and O–H groups in total. The molecule has 3 fully saturated rings. The van der Waals surface area contributed by atoms with Gasteiger partial charge in [0.05, 0.1) is 0 Å². The molecule has 3 nitrogen and oxygen atoms in total. The summed E-state index contributed by atoms with van der Waals surface area (Å²) in [6.07, 6.45) is 13.2. The van der Waals surface area contributed by atoms with Crippen LogP contribution in [0.25, 0.3) is 0 Å². The number of carbonyl (C=O) groups is 2. The molecule has 7 atom stereocenters. The number of ketones is 1. The molecule has 0 amide bonds. The van der Waals surface area contributed by atoms with Gasteiger partial charge in [0.1, 0.15) is 6.10 Å². The lowest BCUT2D eigenvalue weighted by molar-refractivity contribution is -0.161. The van der Waals surface area contributed by atoms with Crippen LogP contribution in [-0.2, 0) is 14.3 Å². The van der Waals surface area contributed by atoms with Crippen molar-refractivity contribution in [1.29, 1.82) is 0 Å². The Labute approximate surface area is 170 Å². The Morgan fingerprint density at radius 2 is 1.89 bits per heavy atom. The first-order valence-corrected chi connectivity index (χ1v) is 11.7. The maximum atomic E-state index is 12.2. The van der Waals surface area contributed by atoms with Crippen molar-refractivity contribution in [1.82, 2.24) is 0 Å². The van der Waals surface area contributed by atoms with Gasteiger partial charge in [0, 0.05) is 6.42 Å². The highest BCUT2D eigenvalue weighted by atomic mass is 16.5. The number of carbonyl (C=O) groups excluding carboxylic acids is 2. The molecule has 0 unspecified atom stereocenters. The zero-order chi connectivity index (χ0) is 20.1.